The molecular formula is C17H23NO3. The topological polar surface area (TPSA) is 55.4 Å². The molecule has 4 heteroatoms. The van der Waals surface area contributed by atoms with Crippen LogP contribution in [-0.2, 0) is 9.59 Å². The van der Waals surface area contributed by atoms with Gasteiger partial charge in [-0.2, -0.15) is 0 Å². The van der Waals surface area contributed by atoms with Crippen molar-refractivity contribution in [3.05, 3.63) is 24.3 Å². The van der Waals surface area contributed by atoms with E-state index in [-0.39, 0.29) is 17.1 Å². The van der Waals surface area contributed by atoms with Gasteiger partial charge in [-0.3, -0.25) is 9.59 Å². The van der Waals surface area contributed by atoms with Crippen molar-refractivity contribution < 1.29 is 14.3 Å². The Morgan fingerprint density at radius 1 is 1.33 bits per heavy atom. The number of hydrogen-bond acceptors (Lipinski definition) is 3. The van der Waals surface area contributed by atoms with Crippen LogP contribution in [0.15, 0.2) is 24.3 Å². The molecule has 0 aromatic heterocycles. The van der Waals surface area contributed by atoms with Gasteiger partial charge in [0.15, 0.2) is 0 Å². The molecule has 2 rings (SSSR count). The summed E-state index contributed by atoms with van der Waals surface area (Å²) in [6, 6.07) is 7.20. The van der Waals surface area contributed by atoms with Crippen molar-refractivity contribution in [3.63, 3.8) is 0 Å². The minimum absolute atomic E-state index is 0.0208. The first kappa shape index (κ1) is 15.5. The van der Waals surface area contributed by atoms with Gasteiger partial charge in [0.2, 0.25) is 5.91 Å². The average Bonchev–Trinajstić information content (AvgIpc) is 2.40. The Kier molecular flexibility index (Phi) is 4.66. The van der Waals surface area contributed by atoms with E-state index in [4.69, 9.17) is 4.74 Å². The number of ketones is 1. The molecule has 1 amide bonds. The SMILES string of the molecule is CCOc1ccc(NC(=O)C2CCC(C)(C)CC2=O)cc1. The van der Waals surface area contributed by atoms with Gasteiger partial charge in [-0.25, -0.2) is 0 Å². The van der Waals surface area contributed by atoms with Crippen molar-refractivity contribution in [3.8, 4) is 5.75 Å². The molecule has 1 unspecified atom stereocenters. The minimum atomic E-state index is -0.510. The van der Waals surface area contributed by atoms with Crippen LogP contribution in [0.25, 0.3) is 0 Å². The van der Waals surface area contributed by atoms with Gasteiger partial charge >= 0.3 is 0 Å². The lowest BCUT2D eigenvalue weighted by atomic mass is 9.72. The van der Waals surface area contributed by atoms with Gasteiger partial charge in [-0.1, -0.05) is 13.8 Å². The Morgan fingerprint density at radius 2 is 2.00 bits per heavy atom. The molecule has 1 N–H and O–H groups in total. The van der Waals surface area contributed by atoms with Crippen molar-refractivity contribution in [2.45, 2.75) is 40.0 Å². The molecule has 1 aliphatic carbocycles. The summed E-state index contributed by atoms with van der Waals surface area (Å²) in [5.74, 6) is 0.116. The number of hydrogen-bond donors (Lipinski definition) is 1. The summed E-state index contributed by atoms with van der Waals surface area (Å²) in [5, 5.41) is 2.82. The molecular weight excluding hydrogens is 266 g/mol. The highest BCUT2D eigenvalue weighted by Crippen LogP contribution is 2.36. The summed E-state index contributed by atoms with van der Waals surface area (Å²) in [4.78, 5) is 24.3. The Balaban J connectivity index is 1.96. The highest BCUT2D eigenvalue weighted by Gasteiger charge is 2.37. The molecule has 0 aliphatic heterocycles. The van der Waals surface area contributed by atoms with Gasteiger partial charge in [0.05, 0.1) is 12.5 Å². The van der Waals surface area contributed by atoms with Gasteiger partial charge < -0.3 is 10.1 Å². The monoisotopic (exact) mass is 289 g/mol. The number of rotatable bonds is 4. The summed E-state index contributed by atoms with van der Waals surface area (Å²) < 4.78 is 5.36. The van der Waals surface area contributed by atoms with E-state index in [1.807, 2.05) is 19.1 Å². The van der Waals surface area contributed by atoms with E-state index in [0.29, 0.717) is 25.1 Å². The number of nitrogens with one attached hydrogen (secondary N) is 1. The van der Waals surface area contributed by atoms with E-state index in [9.17, 15) is 9.59 Å². The summed E-state index contributed by atoms with van der Waals surface area (Å²) in [5.41, 5.74) is 0.716. The average molecular weight is 289 g/mol. The van der Waals surface area contributed by atoms with Gasteiger partial charge in [-0.05, 0) is 49.4 Å². The maximum absolute atomic E-state index is 12.2. The third-order valence-corrected chi connectivity index (χ3v) is 3.90. The van der Waals surface area contributed by atoms with Crippen LogP contribution in [-0.4, -0.2) is 18.3 Å². The second-order valence-electron chi connectivity index (χ2n) is 6.35. The molecule has 0 saturated heterocycles. The molecule has 1 aromatic carbocycles. The Morgan fingerprint density at radius 3 is 2.57 bits per heavy atom. The Bertz CT molecular complexity index is 519. The second-order valence-corrected chi connectivity index (χ2v) is 6.35. The summed E-state index contributed by atoms with van der Waals surface area (Å²) in [6.07, 6.45) is 2.02. The van der Waals surface area contributed by atoms with Gasteiger partial charge in [0.25, 0.3) is 0 Å². The lowest BCUT2D eigenvalue weighted by molar-refractivity contribution is -0.135. The molecule has 114 valence electrons. The highest BCUT2D eigenvalue weighted by molar-refractivity contribution is 6.07. The predicted molar refractivity (Wildman–Crippen MR) is 82.4 cm³/mol. The summed E-state index contributed by atoms with van der Waals surface area (Å²) >= 11 is 0. The van der Waals surface area contributed by atoms with Crippen LogP contribution < -0.4 is 10.1 Å². The van der Waals surface area contributed by atoms with Crippen LogP contribution in [0.1, 0.15) is 40.0 Å². The molecule has 0 spiro atoms. The van der Waals surface area contributed by atoms with Crippen LogP contribution >= 0.6 is 0 Å². The van der Waals surface area contributed by atoms with Crippen LogP contribution in [0.3, 0.4) is 0 Å². The number of benzene rings is 1. The van der Waals surface area contributed by atoms with Crippen LogP contribution in [0.4, 0.5) is 5.69 Å². The fraction of sp³-hybridized carbons (Fsp3) is 0.529. The molecule has 0 bridgehead atoms. The van der Waals surface area contributed by atoms with Crippen LogP contribution in [0.5, 0.6) is 5.75 Å². The van der Waals surface area contributed by atoms with Crippen molar-refractivity contribution in [2.24, 2.45) is 11.3 Å². The second kappa shape index (κ2) is 6.29. The summed E-state index contributed by atoms with van der Waals surface area (Å²) in [6.45, 7) is 6.68. The third-order valence-electron chi connectivity index (χ3n) is 3.90. The zero-order valence-corrected chi connectivity index (χ0v) is 12.9. The fourth-order valence-corrected chi connectivity index (χ4v) is 2.69. The number of carbonyl (C=O) groups is 2. The van der Waals surface area contributed by atoms with Crippen LogP contribution in [0.2, 0.25) is 0 Å². The molecule has 4 nitrogen and oxygen atoms in total. The largest absolute Gasteiger partial charge is 0.494 e. The highest BCUT2D eigenvalue weighted by atomic mass is 16.5. The van der Waals surface area contributed by atoms with Crippen molar-refractivity contribution >= 4 is 17.4 Å². The van der Waals surface area contributed by atoms with Crippen LogP contribution in [0, 0.1) is 11.3 Å². The van der Waals surface area contributed by atoms with E-state index in [2.05, 4.69) is 19.2 Å². The zero-order chi connectivity index (χ0) is 15.5. The standard InChI is InChI=1S/C17H23NO3/c1-4-21-13-7-5-12(6-8-13)18-16(20)14-9-10-17(2,3)11-15(14)19/h5-8,14H,4,9-11H2,1-3H3,(H,18,20). The normalized spacial score (nSPS) is 20.9. The van der Waals surface area contributed by atoms with E-state index < -0.39 is 5.92 Å². The molecule has 0 heterocycles. The van der Waals surface area contributed by atoms with Gasteiger partial charge in [0.1, 0.15) is 11.5 Å². The van der Waals surface area contributed by atoms with E-state index in [0.717, 1.165) is 12.2 Å². The first-order valence-corrected chi connectivity index (χ1v) is 7.48. The lowest BCUT2D eigenvalue weighted by Gasteiger charge is -2.32. The van der Waals surface area contributed by atoms with Crippen molar-refractivity contribution in [1.82, 2.24) is 0 Å². The number of amides is 1. The number of carbonyl (C=O) groups excluding carboxylic acids is 2. The van der Waals surface area contributed by atoms with Gasteiger partial charge in [-0.15, -0.1) is 0 Å². The molecule has 0 radical (unpaired) electrons. The van der Waals surface area contributed by atoms with Crippen molar-refractivity contribution in [2.75, 3.05) is 11.9 Å². The first-order chi connectivity index (χ1) is 9.91. The van der Waals surface area contributed by atoms with Crippen molar-refractivity contribution in [1.29, 1.82) is 0 Å². The number of anilines is 1. The summed E-state index contributed by atoms with van der Waals surface area (Å²) in [7, 11) is 0. The first-order valence-electron chi connectivity index (χ1n) is 7.48. The lowest BCUT2D eigenvalue weighted by Crippen LogP contribution is -2.37. The van der Waals surface area contributed by atoms with E-state index in [1.165, 1.54) is 0 Å². The third kappa shape index (κ3) is 4.06. The maximum atomic E-state index is 12.2. The molecule has 1 aromatic rings. The predicted octanol–water partition coefficient (Wildman–Crippen LogP) is 3.42. The van der Waals surface area contributed by atoms with Gasteiger partial charge in [0, 0.05) is 12.1 Å². The molecule has 1 atom stereocenters. The fourth-order valence-electron chi connectivity index (χ4n) is 2.69. The van der Waals surface area contributed by atoms with E-state index >= 15 is 0 Å². The maximum Gasteiger partial charge on any atom is 0.234 e. The van der Waals surface area contributed by atoms with E-state index in [1.54, 1.807) is 12.1 Å². The molecule has 1 saturated carbocycles. The molecule has 21 heavy (non-hydrogen) atoms. The molecule has 1 fully saturated rings. The Hall–Kier alpha value is -1.84. The minimum Gasteiger partial charge on any atom is -0.494 e. The molecule has 1 aliphatic rings. The Labute approximate surface area is 125 Å². The number of ether oxygens (including phenoxy) is 1. The zero-order valence-electron chi connectivity index (χ0n) is 12.9. The number of Topliss-reactive ketones (excluding diaryl/α,β-unsaturated/α-hetero) is 1. The quantitative estimate of drug-likeness (QED) is 0.864. The smallest absolute Gasteiger partial charge is 0.234 e.